The molecule has 0 N–H and O–H groups in total. The molecule has 0 bridgehead atoms. The van der Waals surface area contributed by atoms with Crippen LogP contribution in [0.5, 0.6) is 5.75 Å². The number of amides is 1. The van der Waals surface area contributed by atoms with Crippen LogP contribution in [0.25, 0.3) is 6.08 Å². The van der Waals surface area contributed by atoms with Gasteiger partial charge in [0.2, 0.25) is 5.91 Å². The number of anilines is 2. The molecule has 1 aromatic heterocycles. The molecule has 3 aromatic rings. The molecule has 0 aliphatic carbocycles. The van der Waals surface area contributed by atoms with Gasteiger partial charge in [0.1, 0.15) is 12.4 Å². The maximum Gasteiger partial charge on any atom is 0.331 e. The number of halogens is 1. The third-order valence-corrected chi connectivity index (χ3v) is 5.10. The Kier molecular flexibility index (Phi) is 7.21. The van der Waals surface area contributed by atoms with E-state index >= 15 is 0 Å². The lowest BCUT2D eigenvalue weighted by atomic mass is 10.2. The van der Waals surface area contributed by atoms with E-state index in [9.17, 15) is 9.59 Å². The lowest BCUT2D eigenvalue weighted by Crippen LogP contribution is -2.23. The lowest BCUT2D eigenvalue weighted by Gasteiger charge is -2.20. The van der Waals surface area contributed by atoms with Crippen LogP contribution >= 0.6 is 22.9 Å². The topological polar surface area (TPSA) is 68.7 Å². The van der Waals surface area contributed by atoms with Crippen molar-refractivity contribution < 1.29 is 19.1 Å². The van der Waals surface area contributed by atoms with E-state index in [1.165, 1.54) is 29.2 Å². The van der Waals surface area contributed by atoms with Crippen LogP contribution in [-0.4, -0.2) is 24.0 Å². The smallest absolute Gasteiger partial charge is 0.331 e. The van der Waals surface area contributed by atoms with E-state index in [0.29, 0.717) is 27.3 Å². The molecule has 8 heteroatoms. The van der Waals surface area contributed by atoms with Crippen LogP contribution in [0, 0.1) is 0 Å². The summed E-state index contributed by atoms with van der Waals surface area (Å²) in [4.78, 5) is 30.1. The van der Waals surface area contributed by atoms with Gasteiger partial charge in [0.05, 0.1) is 18.5 Å². The van der Waals surface area contributed by atoms with E-state index in [-0.39, 0.29) is 12.5 Å². The monoisotopic (exact) mass is 442 g/mol. The van der Waals surface area contributed by atoms with Gasteiger partial charge in [-0.05, 0) is 35.9 Å². The summed E-state index contributed by atoms with van der Waals surface area (Å²) in [5, 5.41) is 2.80. The van der Waals surface area contributed by atoms with Gasteiger partial charge < -0.3 is 9.47 Å². The van der Waals surface area contributed by atoms with E-state index in [1.807, 2.05) is 18.2 Å². The highest BCUT2D eigenvalue weighted by Gasteiger charge is 2.21. The highest BCUT2D eigenvalue weighted by Crippen LogP contribution is 2.35. The summed E-state index contributed by atoms with van der Waals surface area (Å²) in [5.41, 5.74) is 1.93. The molecule has 1 heterocycles. The number of hydrogen-bond acceptors (Lipinski definition) is 6. The third-order valence-electron chi connectivity index (χ3n) is 3.99. The Hall–Kier alpha value is -3.16. The second-order valence-electron chi connectivity index (χ2n) is 6.14. The molecule has 0 unspecified atom stereocenters. The molecular formula is C22H19ClN2O4S. The van der Waals surface area contributed by atoms with Gasteiger partial charge in [-0.2, -0.15) is 0 Å². The van der Waals surface area contributed by atoms with Gasteiger partial charge >= 0.3 is 5.97 Å². The third kappa shape index (κ3) is 5.46. The fourth-order valence-corrected chi connectivity index (χ4v) is 3.72. The number of hydrogen-bond donors (Lipinski definition) is 0. The summed E-state index contributed by atoms with van der Waals surface area (Å²) in [6.07, 6.45) is 2.95. The van der Waals surface area contributed by atoms with Gasteiger partial charge in [0.25, 0.3) is 0 Å². The number of rotatable bonds is 7. The van der Waals surface area contributed by atoms with E-state index in [4.69, 9.17) is 21.1 Å². The lowest BCUT2D eigenvalue weighted by molar-refractivity contribution is -0.139. The Labute approximate surface area is 183 Å². The number of nitrogens with zero attached hydrogens (tertiary/aromatic N) is 2. The minimum absolute atomic E-state index is 0.00706. The molecule has 0 aliphatic rings. The SMILES string of the molecule is COc1ccccc1N(C(C)=O)c1nc(COC(=O)/C=C/c2cccc(Cl)c2)cs1. The normalized spacial score (nSPS) is 10.8. The van der Waals surface area contributed by atoms with Crippen LogP contribution in [0.2, 0.25) is 5.02 Å². The number of thiazole rings is 1. The van der Waals surface area contributed by atoms with Crippen LogP contribution in [0.3, 0.4) is 0 Å². The maximum atomic E-state index is 12.3. The first kappa shape index (κ1) is 21.5. The molecule has 154 valence electrons. The standard InChI is InChI=1S/C22H19ClN2O4S/c1-15(26)25(19-8-3-4-9-20(19)28-2)22-24-18(14-30-22)13-29-21(27)11-10-16-6-5-7-17(23)12-16/h3-12,14H,13H2,1-2H3/b11-10+. The summed E-state index contributed by atoms with van der Waals surface area (Å²) in [7, 11) is 1.54. The number of methoxy groups -OCH3 is 1. The minimum Gasteiger partial charge on any atom is -0.495 e. The van der Waals surface area contributed by atoms with Crippen molar-refractivity contribution in [3.8, 4) is 5.75 Å². The summed E-state index contributed by atoms with van der Waals surface area (Å²) < 4.78 is 10.6. The van der Waals surface area contributed by atoms with Crippen LogP contribution in [0.4, 0.5) is 10.8 Å². The number of para-hydroxylation sites is 2. The zero-order valence-corrected chi connectivity index (χ0v) is 17.9. The van der Waals surface area contributed by atoms with Crippen molar-refractivity contribution in [3.63, 3.8) is 0 Å². The van der Waals surface area contributed by atoms with Crippen molar-refractivity contribution in [2.45, 2.75) is 13.5 Å². The van der Waals surface area contributed by atoms with Crippen molar-refractivity contribution in [2.24, 2.45) is 0 Å². The number of ether oxygens (including phenoxy) is 2. The van der Waals surface area contributed by atoms with Crippen molar-refractivity contribution in [3.05, 3.63) is 76.3 Å². The molecule has 30 heavy (non-hydrogen) atoms. The molecule has 1 amide bonds. The molecule has 0 fully saturated rings. The van der Waals surface area contributed by atoms with Crippen LogP contribution < -0.4 is 9.64 Å². The average molecular weight is 443 g/mol. The van der Waals surface area contributed by atoms with Gasteiger partial charge in [0, 0.05) is 23.4 Å². The van der Waals surface area contributed by atoms with E-state index in [1.54, 1.807) is 48.9 Å². The molecule has 0 atom stereocenters. The number of carbonyl (C=O) groups is 2. The zero-order chi connectivity index (χ0) is 21.5. The van der Waals surface area contributed by atoms with Crippen molar-refractivity contribution in [1.82, 2.24) is 4.98 Å². The number of benzene rings is 2. The summed E-state index contributed by atoms with van der Waals surface area (Å²) in [6.45, 7) is 1.45. The zero-order valence-electron chi connectivity index (χ0n) is 16.4. The Morgan fingerprint density at radius 1 is 1.20 bits per heavy atom. The minimum atomic E-state index is -0.502. The molecule has 0 spiro atoms. The molecule has 3 rings (SSSR count). The second-order valence-corrected chi connectivity index (χ2v) is 7.42. The van der Waals surface area contributed by atoms with E-state index in [2.05, 4.69) is 4.98 Å². The van der Waals surface area contributed by atoms with E-state index in [0.717, 1.165) is 5.56 Å². The van der Waals surface area contributed by atoms with Crippen LogP contribution in [0.15, 0.2) is 60.0 Å². The molecule has 0 radical (unpaired) electrons. The number of carbonyl (C=O) groups excluding carboxylic acids is 2. The second kappa shape index (κ2) is 10.0. The largest absolute Gasteiger partial charge is 0.495 e. The van der Waals surface area contributed by atoms with Gasteiger partial charge in [-0.15, -0.1) is 11.3 Å². The van der Waals surface area contributed by atoms with Crippen molar-refractivity contribution in [1.29, 1.82) is 0 Å². The molecule has 2 aromatic carbocycles. The predicted octanol–water partition coefficient (Wildman–Crippen LogP) is 5.25. The molecule has 0 saturated heterocycles. The molecular weight excluding hydrogens is 424 g/mol. The molecule has 6 nitrogen and oxygen atoms in total. The van der Waals surface area contributed by atoms with Crippen LogP contribution in [0.1, 0.15) is 18.2 Å². The first-order chi connectivity index (χ1) is 14.5. The van der Waals surface area contributed by atoms with Gasteiger partial charge in [-0.1, -0.05) is 35.9 Å². The fourth-order valence-electron chi connectivity index (χ4n) is 2.65. The van der Waals surface area contributed by atoms with Gasteiger partial charge in [-0.25, -0.2) is 9.78 Å². The van der Waals surface area contributed by atoms with Crippen molar-refractivity contribution in [2.75, 3.05) is 12.0 Å². The number of esters is 1. The summed E-state index contributed by atoms with van der Waals surface area (Å²) >= 11 is 7.20. The average Bonchev–Trinajstić information content (AvgIpc) is 3.19. The Balaban J connectivity index is 1.67. The van der Waals surface area contributed by atoms with Gasteiger partial charge in [0.15, 0.2) is 5.13 Å². The summed E-state index contributed by atoms with van der Waals surface area (Å²) in [5.74, 6) is -0.151. The summed E-state index contributed by atoms with van der Waals surface area (Å²) in [6, 6.07) is 14.3. The fraction of sp³-hybridized carbons (Fsp3) is 0.136. The highest BCUT2D eigenvalue weighted by molar-refractivity contribution is 7.14. The Bertz CT molecular complexity index is 1080. The first-order valence-corrected chi connectivity index (χ1v) is 10.2. The van der Waals surface area contributed by atoms with E-state index < -0.39 is 5.97 Å². The first-order valence-electron chi connectivity index (χ1n) is 8.96. The highest BCUT2D eigenvalue weighted by atomic mass is 35.5. The van der Waals surface area contributed by atoms with Crippen molar-refractivity contribution >= 4 is 51.7 Å². The predicted molar refractivity (Wildman–Crippen MR) is 118 cm³/mol. The number of aromatic nitrogens is 1. The Morgan fingerprint density at radius 3 is 2.73 bits per heavy atom. The Morgan fingerprint density at radius 2 is 2.00 bits per heavy atom. The molecule has 0 saturated carbocycles. The van der Waals surface area contributed by atoms with Crippen LogP contribution in [-0.2, 0) is 20.9 Å². The molecule has 0 aliphatic heterocycles. The quantitative estimate of drug-likeness (QED) is 0.369. The maximum absolute atomic E-state index is 12.3. The van der Waals surface area contributed by atoms with Gasteiger partial charge in [-0.3, -0.25) is 9.69 Å².